The Kier molecular flexibility index (Phi) is 2.22. The predicted octanol–water partition coefficient (Wildman–Crippen LogP) is 1.44. The molecule has 0 amide bonds. The largest absolute Gasteiger partial charge is 0.303 e. The van der Waals surface area contributed by atoms with Crippen molar-refractivity contribution in [3.8, 4) is 6.07 Å². The molecule has 52 valence electrons. The first-order chi connectivity index (χ1) is 4.86. The monoisotopic (exact) mass is 135 g/mol. The van der Waals surface area contributed by atoms with Crippen LogP contribution in [-0.4, -0.2) is 6.29 Å². The third-order valence-electron chi connectivity index (χ3n) is 1.72. The summed E-state index contributed by atoms with van der Waals surface area (Å²) in [6.07, 6.45) is 5.42. The summed E-state index contributed by atoms with van der Waals surface area (Å²) in [6, 6.07) is 2.07. The van der Waals surface area contributed by atoms with Crippen LogP contribution in [0.3, 0.4) is 0 Å². The van der Waals surface area contributed by atoms with Gasteiger partial charge in [0, 0.05) is 11.5 Å². The lowest BCUT2D eigenvalue weighted by molar-refractivity contribution is -0.110. The highest BCUT2D eigenvalue weighted by molar-refractivity contribution is 5.58. The van der Waals surface area contributed by atoms with E-state index in [1.165, 1.54) is 0 Å². The van der Waals surface area contributed by atoms with Crippen molar-refractivity contribution in [2.45, 2.75) is 19.3 Å². The number of hydrogen-bond donors (Lipinski definition) is 0. The van der Waals surface area contributed by atoms with Gasteiger partial charge in [0.25, 0.3) is 0 Å². The average Bonchev–Trinajstić information content (AvgIpc) is 2.05. The van der Waals surface area contributed by atoms with Crippen molar-refractivity contribution in [3.63, 3.8) is 0 Å². The molecule has 2 heteroatoms. The maximum absolute atomic E-state index is 10.3. The summed E-state index contributed by atoms with van der Waals surface area (Å²) in [6.45, 7) is 0. The Bertz CT molecular complexity index is 200. The van der Waals surface area contributed by atoms with E-state index in [9.17, 15) is 4.79 Å². The Morgan fingerprint density at radius 1 is 1.80 bits per heavy atom. The van der Waals surface area contributed by atoms with Crippen molar-refractivity contribution in [2.24, 2.45) is 5.92 Å². The van der Waals surface area contributed by atoms with E-state index in [0.29, 0.717) is 0 Å². The summed E-state index contributed by atoms with van der Waals surface area (Å²) < 4.78 is 0. The molecule has 0 spiro atoms. The highest BCUT2D eigenvalue weighted by atomic mass is 16.1. The second-order valence-electron chi connectivity index (χ2n) is 2.50. The number of carbonyl (C=O) groups is 1. The Labute approximate surface area is 60.2 Å². The molecule has 1 atom stereocenters. The number of hydrogen-bond acceptors (Lipinski definition) is 2. The van der Waals surface area contributed by atoms with Gasteiger partial charge in [-0.05, 0) is 19.3 Å². The lowest BCUT2D eigenvalue weighted by Crippen LogP contribution is -2.04. The summed E-state index contributed by atoms with van der Waals surface area (Å²) in [4.78, 5) is 10.3. The molecule has 0 aromatic rings. The van der Waals surface area contributed by atoms with Crippen molar-refractivity contribution in [3.05, 3.63) is 11.6 Å². The molecule has 0 bridgehead atoms. The third kappa shape index (κ3) is 1.44. The molecule has 0 saturated heterocycles. The minimum atomic E-state index is 0.00315. The minimum absolute atomic E-state index is 0.00315. The van der Waals surface area contributed by atoms with Crippen LogP contribution >= 0.6 is 0 Å². The summed E-state index contributed by atoms with van der Waals surface area (Å²) in [5.41, 5.74) is 0.767. The fourth-order valence-electron chi connectivity index (χ4n) is 1.15. The lowest BCUT2D eigenvalue weighted by Gasteiger charge is -2.10. The number of nitrogens with zero attached hydrogens (tertiary/aromatic N) is 1. The maximum atomic E-state index is 10.3. The maximum Gasteiger partial charge on any atom is 0.126 e. The predicted molar refractivity (Wildman–Crippen MR) is 37.1 cm³/mol. The van der Waals surface area contributed by atoms with Crippen LogP contribution in [0.4, 0.5) is 0 Å². The van der Waals surface area contributed by atoms with Crippen LogP contribution in [0, 0.1) is 17.2 Å². The van der Waals surface area contributed by atoms with Crippen molar-refractivity contribution in [1.82, 2.24) is 0 Å². The van der Waals surface area contributed by atoms with Gasteiger partial charge in [-0.2, -0.15) is 5.26 Å². The van der Waals surface area contributed by atoms with Crippen LogP contribution in [0.2, 0.25) is 0 Å². The van der Waals surface area contributed by atoms with E-state index in [2.05, 4.69) is 6.07 Å². The van der Waals surface area contributed by atoms with E-state index in [-0.39, 0.29) is 5.92 Å². The molecular weight excluding hydrogens is 126 g/mol. The number of nitriles is 1. The molecule has 1 aliphatic carbocycles. The Hall–Kier alpha value is -1.10. The summed E-state index contributed by atoms with van der Waals surface area (Å²) in [5.74, 6) is 0.00315. The van der Waals surface area contributed by atoms with Crippen LogP contribution in [0.5, 0.6) is 0 Å². The summed E-state index contributed by atoms with van der Waals surface area (Å²) in [7, 11) is 0. The molecule has 1 aliphatic rings. The molecule has 0 N–H and O–H groups in total. The number of aldehydes is 1. The quantitative estimate of drug-likeness (QED) is 0.510. The van der Waals surface area contributed by atoms with Gasteiger partial charge >= 0.3 is 0 Å². The Morgan fingerprint density at radius 3 is 3.20 bits per heavy atom. The van der Waals surface area contributed by atoms with Crippen LogP contribution < -0.4 is 0 Å². The van der Waals surface area contributed by atoms with E-state index in [4.69, 9.17) is 5.26 Å². The average molecular weight is 135 g/mol. The van der Waals surface area contributed by atoms with Crippen LogP contribution in [0.15, 0.2) is 11.6 Å². The minimum Gasteiger partial charge on any atom is -0.303 e. The van der Waals surface area contributed by atoms with E-state index >= 15 is 0 Å². The van der Waals surface area contributed by atoms with Crippen LogP contribution in [0.25, 0.3) is 0 Å². The van der Waals surface area contributed by atoms with Gasteiger partial charge < -0.3 is 4.79 Å². The van der Waals surface area contributed by atoms with E-state index in [0.717, 1.165) is 31.1 Å². The molecule has 1 unspecified atom stereocenters. The zero-order chi connectivity index (χ0) is 7.40. The lowest BCUT2D eigenvalue weighted by atomic mass is 9.92. The third-order valence-corrected chi connectivity index (χ3v) is 1.72. The molecule has 0 aromatic carbocycles. The molecular formula is C8H9NO. The number of rotatable bonds is 1. The van der Waals surface area contributed by atoms with Crippen LogP contribution in [-0.2, 0) is 4.79 Å². The van der Waals surface area contributed by atoms with E-state index in [1.807, 2.05) is 0 Å². The van der Waals surface area contributed by atoms with Gasteiger partial charge in [-0.25, -0.2) is 0 Å². The molecule has 1 rings (SSSR count). The van der Waals surface area contributed by atoms with Crippen molar-refractivity contribution < 1.29 is 4.79 Å². The molecule has 0 fully saturated rings. The molecule has 0 aliphatic heterocycles. The van der Waals surface area contributed by atoms with Gasteiger partial charge in [0.2, 0.25) is 0 Å². The molecule has 10 heavy (non-hydrogen) atoms. The molecule has 0 heterocycles. The van der Waals surface area contributed by atoms with E-state index in [1.54, 1.807) is 6.08 Å². The highest BCUT2D eigenvalue weighted by Crippen LogP contribution is 2.20. The Morgan fingerprint density at radius 2 is 2.60 bits per heavy atom. The SMILES string of the molecule is N#CC1=CC(C=O)CCC1. The molecule has 0 aromatic heterocycles. The molecule has 0 saturated carbocycles. The topological polar surface area (TPSA) is 40.9 Å². The molecule has 0 radical (unpaired) electrons. The van der Waals surface area contributed by atoms with Crippen molar-refractivity contribution in [2.75, 3.05) is 0 Å². The summed E-state index contributed by atoms with van der Waals surface area (Å²) >= 11 is 0. The van der Waals surface area contributed by atoms with E-state index < -0.39 is 0 Å². The van der Waals surface area contributed by atoms with Crippen molar-refractivity contribution in [1.29, 1.82) is 5.26 Å². The Balaban J connectivity index is 2.67. The number of carbonyl (C=O) groups excluding carboxylic acids is 1. The fourth-order valence-corrected chi connectivity index (χ4v) is 1.15. The fraction of sp³-hybridized carbons (Fsp3) is 0.500. The van der Waals surface area contributed by atoms with Gasteiger partial charge in [-0.1, -0.05) is 6.08 Å². The normalized spacial score (nSPS) is 24.7. The first-order valence-corrected chi connectivity index (χ1v) is 3.43. The van der Waals surface area contributed by atoms with Gasteiger partial charge in [0.1, 0.15) is 6.29 Å². The number of allylic oxidation sites excluding steroid dienone is 2. The second kappa shape index (κ2) is 3.17. The standard InChI is InChI=1S/C8H9NO/c9-5-7-2-1-3-8(4-7)6-10/h4,6,8H,1-3H2. The zero-order valence-corrected chi connectivity index (χ0v) is 5.71. The molecule has 2 nitrogen and oxygen atoms in total. The van der Waals surface area contributed by atoms with Crippen LogP contribution in [0.1, 0.15) is 19.3 Å². The summed E-state index contributed by atoms with van der Waals surface area (Å²) in [5, 5.41) is 8.47. The van der Waals surface area contributed by atoms with Gasteiger partial charge in [0.15, 0.2) is 0 Å². The second-order valence-corrected chi connectivity index (χ2v) is 2.50. The van der Waals surface area contributed by atoms with Crippen molar-refractivity contribution >= 4 is 6.29 Å². The smallest absolute Gasteiger partial charge is 0.126 e. The highest BCUT2D eigenvalue weighted by Gasteiger charge is 2.11. The van der Waals surface area contributed by atoms with Gasteiger partial charge in [-0.3, -0.25) is 0 Å². The zero-order valence-electron chi connectivity index (χ0n) is 5.71. The van der Waals surface area contributed by atoms with Gasteiger partial charge in [0.05, 0.1) is 6.07 Å². The van der Waals surface area contributed by atoms with Gasteiger partial charge in [-0.15, -0.1) is 0 Å². The first kappa shape index (κ1) is 7.01. The first-order valence-electron chi connectivity index (χ1n) is 3.43.